The highest BCUT2D eigenvalue weighted by molar-refractivity contribution is 7.98. The van der Waals surface area contributed by atoms with E-state index in [1.165, 1.54) is 34.1 Å². The van der Waals surface area contributed by atoms with Gasteiger partial charge in [-0.05, 0) is 17.7 Å². The van der Waals surface area contributed by atoms with Gasteiger partial charge >= 0.3 is 0 Å². The lowest BCUT2D eigenvalue weighted by Gasteiger charge is -2.13. The van der Waals surface area contributed by atoms with Crippen LogP contribution in [0.2, 0.25) is 0 Å². The van der Waals surface area contributed by atoms with Gasteiger partial charge < -0.3 is 4.90 Å². The Bertz CT molecular complexity index is 1200. The summed E-state index contributed by atoms with van der Waals surface area (Å²) in [4.78, 5) is 19.4. The van der Waals surface area contributed by atoms with Crippen molar-refractivity contribution in [1.82, 2.24) is 9.55 Å². The van der Waals surface area contributed by atoms with Crippen LogP contribution in [-0.4, -0.2) is 30.2 Å². The van der Waals surface area contributed by atoms with Crippen LogP contribution in [0.15, 0.2) is 58.5 Å². The van der Waals surface area contributed by atoms with Crippen molar-refractivity contribution < 1.29 is 9.29 Å². The Morgan fingerprint density at radius 3 is 2.68 bits per heavy atom. The van der Waals surface area contributed by atoms with Gasteiger partial charge in [-0.25, -0.2) is 9.37 Å². The largest absolute Gasteiger partial charge is 0.338 e. The Morgan fingerprint density at radius 2 is 1.89 bits per heavy atom. The second-order valence-corrected chi connectivity index (χ2v) is 8.96. The van der Waals surface area contributed by atoms with Gasteiger partial charge in [-0.2, -0.15) is 0 Å². The minimum absolute atomic E-state index is 0.0107. The van der Waals surface area contributed by atoms with Crippen molar-refractivity contribution in [2.45, 2.75) is 17.5 Å². The van der Waals surface area contributed by atoms with Crippen LogP contribution in [0, 0.1) is 5.82 Å². The number of aromatic nitrogens is 2. The molecule has 0 spiro atoms. The van der Waals surface area contributed by atoms with E-state index in [9.17, 15) is 9.18 Å². The van der Waals surface area contributed by atoms with E-state index in [2.05, 4.69) is 14.1 Å². The highest BCUT2D eigenvalue weighted by Gasteiger charge is 2.17. The van der Waals surface area contributed by atoms with Crippen molar-refractivity contribution in [3.63, 3.8) is 0 Å². The van der Waals surface area contributed by atoms with Gasteiger partial charge in [0.05, 0.1) is 32.7 Å². The normalized spacial score (nSPS) is 11.7. The second kappa shape index (κ2) is 8.03. The summed E-state index contributed by atoms with van der Waals surface area (Å²) >= 11 is 2.90. The van der Waals surface area contributed by atoms with Gasteiger partial charge in [-0.1, -0.05) is 48.2 Å². The van der Waals surface area contributed by atoms with Gasteiger partial charge in [0.1, 0.15) is 10.5 Å². The fourth-order valence-corrected chi connectivity index (χ4v) is 5.15. The molecule has 2 heterocycles. The molecule has 0 amide bonds. The summed E-state index contributed by atoms with van der Waals surface area (Å²) in [5, 5.41) is 1.64. The van der Waals surface area contributed by atoms with E-state index in [4.69, 9.17) is 4.98 Å². The summed E-state index contributed by atoms with van der Waals surface area (Å²) in [6.07, 6.45) is 0. The van der Waals surface area contributed by atoms with Crippen LogP contribution in [0.25, 0.3) is 20.3 Å². The molecule has 4 aromatic rings. The number of thioether (sulfide) groups is 1. The van der Waals surface area contributed by atoms with E-state index in [1.54, 1.807) is 16.7 Å². The number of quaternary nitrogens is 1. The predicted molar refractivity (Wildman–Crippen MR) is 115 cm³/mol. The maximum atomic E-state index is 14.0. The lowest BCUT2D eigenvalue weighted by Crippen LogP contribution is -3.06. The molecule has 4 nitrogen and oxygen atoms in total. The SMILES string of the molecule is C[NH+](C)CCn1c(SCc2ccccc2F)nc2c(sc3ccccc32)c1=O. The number of likely N-dealkylation sites (N-methyl/N-ethyl adjacent to an activating group) is 1. The standard InChI is InChI=1S/C21H20FN3OS2/c1-24(2)11-12-25-20(26)19-18(15-8-4-6-10-17(15)28-19)23-21(25)27-13-14-7-3-5-9-16(14)22/h3-10H,11-13H2,1-2H3/p+1. The number of rotatable bonds is 6. The van der Waals surface area contributed by atoms with Crippen molar-refractivity contribution >= 4 is 43.4 Å². The molecule has 0 aliphatic heterocycles. The molecule has 2 aromatic carbocycles. The monoisotopic (exact) mass is 414 g/mol. The Balaban J connectivity index is 1.81. The van der Waals surface area contributed by atoms with Gasteiger partial charge in [-0.3, -0.25) is 9.36 Å². The minimum Gasteiger partial charge on any atom is -0.338 e. The molecule has 7 heteroatoms. The number of nitrogens with zero attached hydrogens (tertiary/aromatic N) is 2. The topological polar surface area (TPSA) is 39.3 Å². The summed E-state index contributed by atoms with van der Waals surface area (Å²) in [5.74, 6) is 0.199. The number of hydrogen-bond donors (Lipinski definition) is 1. The zero-order valence-corrected chi connectivity index (χ0v) is 17.4. The molecular weight excluding hydrogens is 393 g/mol. The quantitative estimate of drug-likeness (QED) is 0.389. The van der Waals surface area contributed by atoms with E-state index in [1.807, 2.05) is 30.3 Å². The van der Waals surface area contributed by atoms with Crippen LogP contribution in [0.1, 0.15) is 5.56 Å². The Labute approximate surface area is 170 Å². The van der Waals surface area contributed by atoms with Gasteiger partial charge in [0.2, 0.25) is 0 Å². The number of nitrogens with one attached hydrogen (secondary N) is 1. The first-order valence-electron chi connectivity index (χ1n) is 9.12. The van der Waals surface area contributed by atoms with Crippen LogP contribution in [0.5, 0.6) is 0 Å². The number of benzene rings is 2. The Morgan fingerprint density at radius 1 is 1.14 bits per heavy atom. The van der Waals surface area contributed by atoms with Crippen LogP contribution in [-0.2, 0) is 12.3 Å². The first-order valence-corrected chi connectivity index (χ1v) is 10.9. The fraction of sp³-hybridized carbons (Fsp3) is 0.238. The van der Waals surface area contributed by atoms with Gasteiger partial charge in [0.25, 0.3) is 5.56 Å². The highest BCUT2D eigenvalue weighted by Crippen LogP contribution is 2.32. The summed E-state index contributed by atoms with van der Waals surface area (Å²) in [5.41, 5.74) is 1.35. The van der Waals surface area contributed by atoms with Gasteiger partial charge in [0, 0.05) is 15.8 Å². The zero-order valence-electron chi connectivity index (χ0n) is 15.7. The summed E-state index contributed by atoms with van der Waals surface area (Å²) in [7, 11) is 4.12. The Kier molecular flexibility index (Phi) is 5.48. The molecule has 0 atom stereocenters. The average Bonchev–Trinajstić information content (AvgIpc) is 3.06. The maximum Gasteiger partial charge on any atom is 0.272 e. The lowest BCUT2D eigenvalue weighted by atomic mass is 10.2. The molecule has 0 aliphatic rings. The second-order valence-electron chi connectivity index (χ2n) is 6.96. The van der Waals surface area contributed by atoms with E-state index in [0.29, 0.717) is 27.7 Å². The fourth-order valence-electron chi connectivity index (χ4n) is 3.05. The molecule has 1 N–H and O–H groups in total. The predicted octanol–water partition coefficient (Wildman–Crippen LogP) is 3.19. The molecule has 144 valence electrons. The molecule has 0 unspecified atom stereocenters. The van der Waals surface area contributed by atoms with Crippen molar-refractivity contribution in [3.05, 3.63) is 70.3 Å². The average molecular weight is 415 g/mol. The molecule has 0 radical (unpaired) electrons. The van der Waals surface area contributed by atoms with E-state index >= 15 is 0 Å². The van der Waals surface area contributed by atoms with Crippen LogP contribution in [0.3, 0.4) is 0 Å². The summed E-state index contributed by atoms with van der Waals surface area (Å²) < 4.78 is 17.5. The molecule has 0 saturated carbocycles. The molecule has 4 rings (SSSR count). The van der Waals surface area contributed by atoms with Crippen LogP contribution < -0.4 is 10.5 Å². The number of hydrogen-bond acceptors (Lipinski definition) is 4. The van der Waals surface area contributed by atoms with Crippen LogP contribution in [0.4, 0.5) is 4.39 Å². The molecule has 0 bridgehead atoms. The lowest BCUT2D eigenvalue weighted by molar-refractivity contribution is -0.859. The number of fused-ring (bicyclic) bond motifs is 3. The summed E-state index contributed by atoms with van der Waals surface area (Å²) in [6.45, 7) is 1.39. The third-order valence-electron chi connectivity index (χ3n) is 4.60. The molecule has 0 saturated heterocycles. The van der Waals surface area contributed by atoms with E-state index in [-0.39, 0.29) is 11.4 Å². The smallest absolute Gasteiger partial charge is 0.272 e. The van der Waals surface area contributed by atoms with Crippen LogP contribution >= 0.6 is 23.1 Å². The number of halogens is 1. The third kappa shape index (κ3) is 3.70. The zero-order chi connectivity index (χ0) is 19.7. The number of thiophene rings is 1. The maximum absolute atomic E-state index is 14.0. The minimum atomic E-state index is -0.233. The van der Waals surface area contributed by atoms with Crippen molar-refractivity contribution in [1.29, 1.82) is 0 Å². The first-order chi connectivity index (χ1) is 13.5. The highest BCUT2D eigenvalue weighted by atomic mass is 32.2. The van der Waals surface area contributed by atoms with Gasteiger partial charge in [0.15, 0.2) is 5.16 Å². The molecule has 0 aliphatic carbocycles. The summed E-state index contributed by atoms with van der Waals surface area (Å²) in [6, 6.07) is 14.7. The molecule has 28 heavy (non-hydrogen) atoms. The van der Waals surface area contributed by atoms with Crippen molar-refractivity contribution in [2.24, 2.45) is 0 Å². The van der Waals surface area contributed by atoms with Crippen molar-refractivity contribution in [3.8, 4) is 0 Å². The molecular formula is C21H21FN3OS2+. The van der Waals surface area contributed by atoms with E-state index in [0.717, 1.165) is 22.1 Å². The third-order valence-corrected chi connectivity index (χ3v) is 6.77. The van der Waals surface area contributed by atoms with Crippen molar-refractivity contribution in [2.75, 3.05) is 20.6 Å². The molecule has 2 aromatic heterocycles. The van der Waals surface area contributed by atoms with E-state index < -0.39 is 0 Å². The van der Waals surface area contributed by atoms with Gasteiger partial charge in [-0.15, -0.1) is 11.3 Å². The Hall–Kier alpha value is -2.22. The first kappa shape index (κ1) is 19.1. The molecule has 0 fully saturated rings.